The van der Waals surface area contributed by atoms with Gasteiger partial charge in [0.15, 0.2) is 5.78 Å². The Morgan fingerprint density at radius 2 is 1.79 bits per heavy atom. The Balaban J connectivity index is 1.24. The van der Waals surface area contributed by atoms with Crippen molar-refractivity contribution >= 4 is 29.2 Å². The maximum Gasteiger partial charge on any atom is 0.316 e. The van der Waals surface area contributed by atoms with Crippen LogP contribution in [0.2, 0.25) is 5.02 Å². The third-order valence-electron chi connectivity index (χ3n) is 6.77. The molecule has 12 heteroatoms. The van der Waals surface area contributed by atoms with Crippen LogP contribution >= 0.6 is 11.6 Å². The minimum absolute atomic E-state index is 0.0543. The third kappa shape index (κ3) is 6.42. The lowest BCUT2D eigenvalue weighted by Gasteiger charge is -2.25. The highest BCUT2D eigenvalue weighted by molar-refractivity contribution is 6.31. The topological polar surface area (TPSA) is 132 Å². The zero-order valence-corrected chi connectivity index (χ0v) is 24.3. The van der Waals surface area contributed by atoms with E-state index in [0.717, 1.165) is 5.56 Å². The van der Waals surface area contributed by atoms with Crippen LogP contribution in [-0.4, -0.2) is 75.3 Å². The van der Waals surface area contributed by atoms with Crippen molar-refractivity contribution in [3.8, 4) is 11.4 Å². The molecule has 1 N–H and O–H groups in total. The number of hydrogen-bond acceptors (Lipinski definition) is 8. The summed E-state index contributed by atoms with van der Waals surface area (Å²) in [6.07, 6.45) is 1.97. The number of ketones is 1. The number of nitrogens with zero attached hydrogens (tertiary/aromatic N) is 5. The van der Waals surface area contributed by atoms with Gasteiger partial charge in [-0.05, 0) is 44.9 Å². The molecule has 1 aliphatic heterocycles. The predicted octanol–water partition coefficient (Wildman–Crippen LogP) is 4.02. The fourth-order valence-electron chi connectivity index (χ4n) is 4.58. The molecule has 0 atom stereocenters. The second-order valence-corrected chi connectivity index (χ2v) is 11.3. The zero-order valence-electron chi connectivity index (χ0n) is 23.6. The zero-order chi connectivity index (χ0) is 29.9. The smallest absolute Gasteiger partial charge is 0.316 e. The summed E-state index contributed by atoms with van der Waals surface area (Å²) in [6.45, 7) is 8.01. The van der Waals surface area contributed by atoms with Crippen molar-refractivity contribution in [1.29, 1.82) is 0 Å². The molecule has 3 heterocycles. The highest BCUT2D eigenvalue weighted by Crippen LogP contribution is 2.23. The Hall–Kier alpha value is -4.35. The van der Waals surface area contributed by atoms with Gasteiger partial charge in [0.1, 0.15) is 5.69 Å². The van der Waals surface area contributed by atoms with E-state index < -0.39 is 11.4 Å². The molecule has 0 saturated carbocycles. The Morgan fingerprint density at radius 3 is 2.48 bits per heavy atom. The van der Waals surface area contributed by atoms with Crippen LogP contribution < -0.4 is 5.32 Å². The van der Waals surface area contributed by atoms with Crippen molar-refractivity contribution in [2.24, 2.45) is 0 Å². The number of aromatic nitrogens is 4. The molecule has 0 bridgehead atoms. The second kappa shape index (κ2) is 12.3. The Labute approximate surface area is 247 Å². The summed E-state index contributed by atoms with van der Waals surface area (Å²) >= 11 is 6.09. The van der Waals surface area contributed by atoms with Gasteiger partial charge >= 0.3 is 11.8 Å². The van der Waals surface area contributed by atoms with Gasteiger partial charge in [-0.1, -0.05) is 53.2 Å². The molecule has 11 nitrogen and oxygen atoms in total. The molecule has 1 aliphatic rings. The molecular weight excluding hydrogens is 560 g/mol. The highest BCUT2D eigenvalue weighted by Gasteiger charge is 2.29. The van der Waals surface area contributed by atoms with E-state index in [1.807, 2.05) is 45.0 Å². The van der Waals surface area contributed by atoms with Crippen LogP contribution in [0.5, 0.6) is 0 Å². The minimum Gasteiger partial charge on any atom is -0.378 e. The minimum atomic E-state index is -0.531. The van der Waals surface area contributed by atoms with Crippen molar-refractivity contribution in [3.05, 3.63) is 88.0 Å². The van der Waals surface area contributed by atoms with E-state index in [1.54, 1.807) is 33.8 Å². The van der Waals surface area contributed by atoms with Crippen molar-refractivity contribution in [2.75, 3.05) is 32.8 Å². The fourth-order valence-corrected chi connectivity index (χ4v) is 4.77. The Morgan fingerprint density at radius 1 is 1.05 bits per heavy atom. The van der Waals surface area contributed by atoms with Gasteiger partial charge in [-0.15, -0.1) is 0 Å². The van der Waals surface area contributed by atoms with Crippen LogP contribution in [0.3, 0.4) is 0 Å². The largest absolute Gasteiger partial charge is 0.378 e. The van der Waals surface area contributed by atoms with E-state index in [0.29, 0.717) is 61.2 Å². The van der Waals surface area contributed by atoms with Gasteiger partial charge in [-0.3, -0.25) is 19.1 Å². The molecule has 1 saturated heterocycles. The predicted molar refractivity (Wildman–Crippen MR) is 155 cm³/mol. The van der Waals surface area contributed by atoms with Gasteiger partial charge in [0.2, 0.25) is 5.82 Å². The standard InChI is InChI=1S/C30H31ClN6O5/c1-30(2,3)37-24(23(18-33-37)25(38)21-5-4-6-22(31)17-21)27(39)32-12-11-19-7-9-20(10-8-19)26-34-28(42-35-26)29(40)36-13-15-41-16-14-36/h4-10,17-18H,11-16H2,1-3H3,(H,32,39). The van der Waals surface area contributed by atoms with Gasteiger partial charge in [0.05, 0.1) is 30.5 Å². The number of hydrogen-bond donors (Lipinski definition) is 1. The second-order valence-electron chi connectivity index (χ2n) is 10.9. The first-order valence-corrected chi connectivity index (χ1v) is 14.0. The van der Waals surface area contributed by atoms with Gasteiger partial charge in [0, 0.05) is 35.8 Å². The van der Waals surface area contributed by atoms with E-state index in [4.69, 9.17) is 20.9 Å². The molecule has 2 amide bonds. The molecule has 1 fully saturated rings. The molecule has 2 aromatic carbocycles. The van der Waals surface area contributed by atoms with E-state index in [2.05, 4.69) is 20.6 Å². The summed E-state index contributed by atoms with van der Waals surface area (Å²) in [4.78, 5) is 45.2. The monoisotopic (exact) mass is 590 g/mol. The van der Waals surface area contributed by atoms with Crippen molar-refractivity contribution in [2.45, 2.75) is 32.7 Å². The van der Waals surface area contributed by atoms with Crippen LogP contribution in [0.1, 0.15) is 63.4 Å². The van der Waals surface area contributed by atoms with Crippen molar-refractivity contribution in [1.82, 2.24) is 30.1 Å². The van der Waals surface area contributed by atoms with Gasteiger partial charge in [-0.2, -0.15) is 10.1 Å². The summed E-state index contributed by atoms with van der Waals surface area (Å²) in [5.41, 5.74) is 1.92. The first kappa shape index (κ1) is 29.2. The molecule has 218 valence electrons. The summed E-state index contributed by atoms with van der Waals surface area (Å²) in [5, 5.41) is 11.7. The van der Waals surface area contributed by atoms with E-state index >= 15 is 0 Å². The molecule has 4 aromatic rings. The average Bonchev–Trinajstić information content (AvgIpc) is 3.66. The van der Waals surface area contributed by atoms with Crippen LogP contribution in [0.4, 0.5) is 0 Å². The SMILES string of the molecule is CC(C)(C)n1ncc(C(=O)c2cccc(Cl)c2)c1C(=O)NCCc1ccc(-c2noc(C(=O)N3CCOCC3)n2)cc1. The fraction of sp³-hybridized carbons (Fsp3) is 0.333. The highest BCUT2D eigenvalue weighted by atomic mass is 35.5. The molecule has 0 unspecified atom stereocenters. The lowest BCUT2D eigenvalue weighted by molar-refractivity contribution is 0.0272. The number of ether oxygens (including phenoxy) is 1. The summed E-state index contributed by atoms with van der Waals surface area (Å²) in [5.74, 6) is -0.770. The third-order valence-corrected chi connectivity index (χ3v) is 7.00. The van der Waals surface area contributed by atoms with E-state index in [9.17, 15) is 14.4 Å². The summed E-state index contributed by atoms with van der Waals surface area (Å²) in [6, 6.07) is 14.1. The van der Waals surface area contributed by atoms with Gasteiger partial charge in [0.25, 0.3) is 5.91 Å². The van der Waals surface area contributed by atoms with Crippen LogP contribution in [0.25, 0.3) is 11.4 Å². The maximum absolute atomic E-state index is 13.4. The van der Waals surface area contributed by atoms with Gasteiger partial charge in [-0.25, -0.2) is 0 Å². The number of rotatable bonds is 8. The number of morpholine rings is 1. The van der Waals surface area contributed by atoms with Crippen LogP contribution in [0, 0.1) is 0 Å². The molecular formula is C30H31ClN6O5. The molecule has 42 heavy (non-hydrogen) atoms. The number of nitrogens with one attached hydrogen (secondary N) is 1. The van der Waals surface area contributed by atoms with Crippen LogP contribution in [-0.2, 0) is 16.7 Å². The quantitative estimate of drug-likeness (QED) is 0.304. The summed E-state index contributed by atoms with van der Waals surface area (Å²) < 4.78 is 12.1. The molecule has 5 rings (SSSR count). The van der Waals surface area contributed by atoms with E-state index in [1.165, 1.54) is 6.20 Å². The van der Waals surface area contributed by atoms with Crippen molar-refractivity contribution in [3.63, 3.8) is 0 Å². The normalized spacial score (nSPS) is 13.7. The van der Waals surface area contributed by atoms with E-state index in [-0.39, 0.29) is 28.8 Å². The number of benzene rings is 2. The van der Waals surface area contributed by atoms with Crippen molar-refractivity contribution < 1.29 is 23.6 Å². The number of carbonyl (C=O) groups excluding carboxylic acids is 3. The number of amides is 2. The first-order chi connectivity index (χ1) is 20.1. The number of carbonyl (C=O) groups is 3. The lowest BCUT2D eigenvalue weighted by Crippen LogP contribution is -2.40. The van der Waals surface area contributed by atoms with Gasteiger partial charge < -0.3 is 19.5 Å². The lowest BCUT2D eigenvalue weighted by atomic mass is 10.0. The maximum atomic E-state index is 13.4. The first-order valence-electron chi connectivity index (χ1n) is 13.6. The molecule has 0 aliphatic carbocycles. The summed E-state index contributed by atoms with van der Waals surface area (Å²) in [7, 11) is 0. The Kier molecular flexibility index (Phi) is 8.51. The Bertz CT molecular complexity index is 1600. The average molecular weight is 591 g/mol. The molecule has 0 spiro atoms. The number of halogens is 1. The molecule has 2 aromatic heterocycles. The van der Waals surface area contributed by atoms with Crippen LogP contribution in [0.15, 0.2) is 59.3 Å². The molecule has 0 radical (unpaired) electrons.